The molecule has 0 saturated carbocycles. The van der Waals surface area contributed by atoms with E-state index in [0.29, 0.717) is 27.4 Å². The summed E-state index contributed by atoms with van der Waals surface area (Å²) in [5.41, 5.74) is 7.82. The molecule has 3 aromatic carbocycles. The molecule has 4 rings (SSSR count). The summed E-state index contributed by atoms with van der Waals surface area (Å²) in [7, 11) is 0. The first-order valence-electron chi connectivity index (χ1n) is 9.33. The van der Waals surface area contributed by atoms with Crippen LogP contribution in [0.3, 0.4) is 0 Å². The number of ether oxygens (including phenoxy) is 1. The van der Waals surface area contributed by atoms with Crippen molar-refractivity contribution in [1.82, 2.24) is 4.98 Å². The third-order valence-corrected chi connectivity index (χ3v) is 5.53. The lowest BCUT2D eigenvalue weighted by Gasteiger charge is -2.09. The van der Waals surface area contributed by atoms with Crippen LogP contribution < -0.4 is 11.1 Å². The third kappa shape index (κ3) is 4.59. The molecule has 0 unspecified atom stereocenters. The van der Waals surface area contributed by atoms with Gasteiger partial charge in [0.2, 0.25) is 5.91 Å². The van der Waals surface area contributed by atoms with Gasteiger partial charge in [0.1, 0.15) is 5.01 Å². The van der Waals surface area contributed by atoms with Gasteiger partial charge in [-0.2, -0.15) is 0 Å². The van der Waals surface area contributed by atoms with E-state index in [-0.39, 0.29) is 0 Å². The van der Waals surface area contributed by atoms with Gasteiger partial charge in [-0.1, -0.05) is 30.3 Å². The maximum atomic E-state index is 12.7. The van der Waals surface area contributed by atoms with E-state index in [9.17, 15) is 14.4 Å². The molecule has 7 nitrogen and oxygen atoms in total. The number of carbonyl (C=O) groups excluding carboxylic acids is 3. The normalized spacial score (nSPS) is 10.6. The second-order valence-electron chi connectivity index (χ2n) is 6.60. The van der Waals surface area contributed by atoms with Crippen LogP contribution >= 0.6 is 11.3 Å². The molecule has 0 atom stereocenters. The molecule has 4 aromatic rings. The number of fused-ring (bicyclic) bond motifs is 1. The Morgan fingerprint density at radius 3 is 2.39 bits per heavy atom. The predicted molar refractivity (Wildman–Crippen MR) is 119 cm³/mol. The van der Waals surface area contributed by atoms with Crippen molar-refractivity contribution in [3.8, 4) is 10.6 Å². The van der Waals surface area contributed by atoms with Crippen LogP contribution in [0, 0.1) is 0 Å². The highest BCUT2D eigenvalue weighted by Gasteiger charge is 2.18. The number of hydrogen-bond donors (Lipinski definition) is 2. The van der Waals surface area contributed by atoms with E-state index in [1.807, 2.05) is 30.3 Å². The molecule has 2 amide bonds. The molecule has 31 heavy (non-hydrogen) atoms. The van der Waals surface area contributed by atoms with Crippen LogP contribution in [0.15, 0.2) is 72.8 Å². The minimum atomic E-state index is -0.617. The van der Waals surface area contributed by atoms with Gasteiger partial charge in [0.05, 0.1) is 15.8 Å². The molecular formula is C23H17N3O4S. The number of para-hydroxylation sites is 1. The molecule has 0 radical (unpaired) electrons. The Labute approximate surface area is 181 Å². The Balaban J connectivity index is 1.44. The predicted octanol–water partition coefficient (Wildman–Crippen LogP) is 3.86. The van der Waals surface area contributed by atoms with Crippen molar-refractivity contribution in [3.63, 3.8) is 0 Å². The van der Waals surface area contributed by atoms with Crippen LogP contribution in [0.4, 0.5) is 5.69 Å². The number of aromatic nitrogens is 1. The lowest BCUT2D eigenvalue weighted by molar-refractivity contribution is -0.119. The summed E-state index contributed by atoms with van der Waals surface area (Å²) in [4.78, 5) is 40.5. The van der Waals surface area contributed by atoms with Crippen molar-refractivity contribution < 1.29 is 19.1 Å². The van der Waals surface area contributed by atoms with E-state index in [1.165, 1.54) is 23.5 Å². The largest absolute Gasteiger partial charge is 0.452 e. The second-order valence-corrected chi connectivity index (χ2v) is 7.63. The van der Waals surface area contributed by atoms with E-state index >= 15 is 0 Å². The van der Waals surface area contributed by atoms with Crippen molar-refractivity contribution in [3.05, 3.63) is 83.9 Å². The lowest BCUT2D eigenvalue weighted by Crippen LogP contribution is -2.21. The minimum Gasteiger partial charge on any atom is -0.452 e. The number of anilines is 1. The van der Waals surface area contributed by atoms with Gasteiger partial charge in [-0.25, -0.2) is 9.78 Å². The summed E-state index contributed by atoms with van der Waals surface area (Å²) in [5.74, 6) is -1.68. The molecule has 0 aliphatic rings. The third-order valence-electron chi connectivity index (χ3n) is 4.46. The van der Waals surface area contributed by atoms with Gasteiger partial charge >= 0.3 is 5.97 Å². The number of primary amides is 1. The van der Waals surface area contributed by atoms with E-state index in [2.05, 4.69) is 10.3 Å². The highest BCUT2D eigenvalue weighted by molar-refractivity contribution is 7.21. The molecule has 0 aliphatic carbocycles. The highest BCUT2D eigenvalue weighted by atomic mass is 32.1. The standard InChI is InChI=1S/C23H17N3O4S/c24-21(28)14-9-11-15(12-10-14)25-20(27)13-30-23(29)17-6-2-1-5-16(17)22-26-18-7-3-4-8-19(18)31-22/h1-12H,13H2,(H2,24,28)(H,25,27). The van der Waals surface area contributed by atoms with Crippen LogP contribution in [0.25, 0.3) is 20.8 Å². The number of nitrogens with one attached hydrogen (secondary N) is 1. The molecule has 0 aliphatic heterocycles. The number of nitrogens with two attached hydrogens (primary N) is 1. The molecule has 154 valence electrons. The molecule has 3 N–H and O–H groups in total. The Kier molecular flexibility index (Phi) is 5.72. The zero-order chi connectivity index (χ0) is 21.8. The number of amides is 2. The molecule has 8 heteroatoms. The van der Waals surface area contributed by atoms with Crippen LogP contribution in [0.5, 0.6) is 0 Å². The van der Waals surface area contributed by atoms with Crippen molar-refractivity contribution in [2.75, 3.05) is 11.9 Å². The first-order valence-corrected chi connectivity index (χ1v) is 10.1. The molecule has 1 aromatic heterocycles. The summed E-state index contributed by atoms with van der Waals surface area (Å²) in [6, 6.07) is 20.8. The van der Waals surface area contributed by atoms with E-state index < -0.39 is 24.4 Å². The summed E-state index contributed by atoms with van der Waals surface area (Å²) in [6.45, 7) is -0.454. The maximum Gasteiger partial charge on any atom is 0.339 e. The number of benzene rings is 3. The number of esters is 1. The van der Waals surface area contributed by atoms with Gasteiger partial charge in [0, 0.05) is 16.8 Å². The van der Waals surface area contributed by atoms with E-state index in [0.717, 1.165) is 10.2 Å². The SMILES string of the molecule is NC(=O)c1ccc(NC(=O)COC(=O)c2ccccc2-c2nc3ccccc3s2)cc1. The average Bonchev–Trinajstić information content (AvgIpc) is 3.22. The van der Waals surface area contributed by atoms with Crippen molar-refractivity contribution in [2.45, 2.75) is 0 Å². The number of thiazole rings is 1. The Morgan fingerprint density at radius 1 is 0.935 bits per heavy atom. The van der Waals surface area contributed by atoms with Gasteiger partial charge in [0.15, 0.2) is 6.61 Å². The fraction of sp³-hybridized carbons (Fsp3) is 0.0435. The zero-order valence-electron chi connectivity index (χ0n) is 16.2. The molecule has 1 heterocycles. The van der Waals surface area contributed by atoms with Crippen molar-refractivity contribution in [1.29, 1.82) is 0 Å². The smallest absolute Gasteiger partial charge is 0.339 e. The molecule has 0 saturated heterocycles. The number of carbonyl (C=O) groups is 3. The fourth-order valence-electron chi connectivity index (χ4n) is 2.96. The molecule has 0 bridgehead atoms. The lowest BCUT2D eigenvalue weighted by atomic mass is 10.1. The topological polar surface area (TPSA) is 111 Å². The molecular weight excluding hydrogens is 414 g/mol. The van der Waals surface area contributed by atoms with Gasteiger partial charge < -0.3 is 15.8 Å². The monoisotopic (exact) mass is 431 g/mol. The van der Waals surface area contributed by atoms with Crippen LogP contribution in [-0.4, -0.2) is 29.4 Å². The van der Waals surface area contributed by atoms with E-state index in [4.69, 9.17) is 10.5 Å². The zero-order valence-corrected chi connectivity index (χ0v) is 17.0. The van der Waals surface area contributed by atoms with Crippen molar-refractivity contribution in [2.24, 2.45) is 5.73 Å². The van der Waals surface area contributed by atoms with Gasteiger partial charge in [-0.05, 0) is 42.5 Å². The Morgan fingerprint density at radius 2 is 1.65 bits per heavy atom. The van der Waals surface area contributed by atoms with Gasteiger partial charge in [0.25, 0.3) is 5.91 Å². The average molecular weight is 431 g/mol. The minimum absolute atomic E-state index is 0.330. The maximum absolute atomic E-state index is 12.7. The van der Waals surface area contributed by atoms with Crippen LogP contribution in [0.2, 0.25) is 0 Å². The van der Waals surface area contributed by atoms with Crippen LogP contribution in [-0.2, 0) is 9.53 Å². The fourth-order valence-corrected chi connectivity index (χ4v) is 3.96. The summed E-state index contributed by atoms with van der Waals surface area (Å²) in [6.07, 6.45) is 0. The summed E-state index contributed by atoms with van der Waals surface area (Å²) >= 11 is 1.48. The molecule has 0 fully saturated rings. The first-order chi connectivity index (χ1) is 15.0. The summed E-state index contributed by atoms with van der Waals surface area (Å²) < 4.78 is 6.23. The Bertz CT molecular complexity index is 1250. The van der Waals surface area contributed by atoms with Crippen LogP contribution in [0.1, 0.15) is 20.7 Å². The van der Waals surface area contributed by atoms with Crippen molar-refractivity contribution >= 4 is 45.0 Å². The summed E-state index contributed by atoms with van der Waals surface area (Å²) in [5, 5.41) is 3.30. The quantitative estimate of drug-likeness (QED) is 0.450. The highest BCUT2D eigenvalue weighted by Crippen LogP contribution is 2.32. The van der Waals surface area contributed by atoms with Gasteiger partial charge in [-0.15, -0.1) is 11.3 Å². The number of nitrogens with zero attached hydrogens (tertiary/aromatic N) is 1. The number of rotatable bonds is 6. The Hall–Kier alpha value is -4.04. The first kappa shape index (κ1) is 20.2. The van der Waals surface area contributed by atoms with Gasteiger partial charge in [-0.3, -0.25) is 9.59 Å². The molecule has 0 spiro atoms. The second kappa shape index (κ2) is 8.76. The number of hydrogen-bond acceptors (Lipinski definition) is 6. The van der Waals surface area contributed by atoms with E-state index in [1.54, 1.807) is 30.3 Å².